The Bertz CT molecular complexity index is 753. The molecule has 1 aliphatic heterocycles. The Labute approximate surface area is 124 Å². The van der Waals surface area contributed by atoms with Gasteiger partial charge in [0.1, 0.15) is 5.82 Å². The van der Waals surface area contributed by atoms with Crippen LogP contribution in [0.15, 0.2) is 24.5 Å². The smallest absolute Gasteiger partial charge is 0.211 e. The first kappa shape index (κ1) is 14.3. The maximum Gasteiger partial charge on any atom is 0.211 e. The molecule has 7 heteroatoms. The van der Waals surface area contributed by atoms with Crippen LogP contribution in [-0.2, 0) is 10.0 Å². The number of piperidine rings is 1. The molecule has 0 aromatic carbocycles. The minimum Gasteiger partial charge on any atom is -0.371 e. The summed E-state index contributed by atoms with van der Waals surface area (Å²) in [6.45, 7) is 1.13. The predicted molar refractivity (Wildman–Crippen MR) is 83.1 cm³/mol. The van der Waals surface area contributed by atoms with Crippen LogP contribution in [0.2, 0.25) is 0 Å². The summed E-state index contributed by atoms with van der Waals surface area (Å²) < 4.78 is 27.1. The van der Waals surface area contributed by atoms with Gasteiger partial charge in [-0.2, -0.15) is 0 Å². The zero-order valence-corrected chi connectivity index (χ0v) is 13.1. The average Bonchev–Trinajstić information content (AvgIpc) is 2.93. The Balaban J connectivity index is 1.96. The second kappa shape index (κ2) is 5.31. The number of nitrogens with zero attached hydrogens (tertiary/aromatic N) is 3. The lowest BCUT2D eigenvalue weighted by Crippen LogP contribution is -2.38. The Morgan fingerprint density at radius 2 is 2.24 bits per heavy atom. The SMILES string of the molecule is CNc1nc([C@@H]2CCCN(S(C)(=O)=O)C2)cn2cccc12. The highest BCUT2D eigenvalue weighted by Crippen LogP contribution is 2.28. The molecule has 1 saturated heterocycles. The zero-order chi connectivity index (χ0) is 15.0. The van der Waals surface area contributed by atoms with Crippen molar-refractivity contribution < 1.29 is 8.42 Å². The van der Waals surface area contributed by atoms with Gasteiger partial charge in [-0.05, 0) is 25.0 Å². The molecule has 0 unspecified atom stereocenters. The number of hydrogen-bond donors (Lipinski definition) is 1. The second-order valence-electron chi connectivity index (χ2n) is 5.53. The summed E-state index contributed by atoms with van der Waals surface area (Å²) in [5.74, 6) is 0.973. The molecule has 114 valence electrons. The number of anilines is 1. The van der Waals surface area contributed by atoms with Crippen LogP contribution in [0.25, 0.3) is 5.52 Å². The van der Waals surface area contributed by atoms with Crippen LogP contribution in [0.5, 0.6) is 0 Å². The van der Waals surface area contributed by atoms with Gasteiger partial charge >= 0.3 is 0 Å². The Morgan fingerprint density at radius 3 is 2.95 bits per heavy atom. The molecule has 6 nitrogen and oxygen atoms in total. The highest BCUT2D eigenvalue weighted by atomic mass is 32.2. The highest BCUT2D eigenvalue weighted by Gasteiger charge is 2.28. The maximum atomic E-state index is 11.7. The normalized spacial score (nSPS) is 20.8. The van der Waals surface area contributed by atoms with Crippen LogP contribution in [0, 0.1) is 0 Å². The lowest BCUT2D eigenvalue weighted by atomic mass is 9.96. The van der Waals surface area contributed by atoms with Crippen molar-refractivity contribution >= 4 is 21.4 Å². The molecule has 1 fully saturated rings. The molecular formula is C14H20N4O2S. The summed E-state index contributed by atoms with van der Waals surface area (Å²) in [5.41, 5.74) is 1.97. The van der Waals surface area contributed by atoms with Crippen LogP contribution in [0.4, 0.5) is 5.82 Å². The molecule has 1 N–H and O–H groups in total. The molecule has 1 aliphatic rings. The molecule has 21 heavy (non-hydrogen) atoms. The fourth-order valence-corrected chi connectivity index (χ4v) is 3.84. The number of rotatable bonds is 3. The van der Waals surface area contributed by atoms with Gasteiger partial charge < -0.3 is 9.72 Å². The quantitative estimate of drug-likeness (QED) is 0.933. The number of sulfonamides is 1. The van der Waals surface area contributed by atoms with E-state index in [2.05, 4.69) is 10.3 Å². The van der Waals surface area contributed by atoms with Crippen LogP contribution in [0.3, 0.4) is 0 Å². The molecular weight excluding hydrogens is 288 g/mol. The number of nitrogens with one attached hydrogen (secondary N) is 1. The molecule has 2 aromatic heterocycles. The topological polar surface area (TPSA) is 66.7 Å². The van der Waals surface area contributed by atoms with Gasteiger partial charge in [0.05, 0.1) is 17.5 Å². The van der Waals surface area contributed by atoms with Gasteiger partial charge in [0, 0.05) is 38.4 Å². The summed E-state index contributed by atoms with van der Waals surface area (Å²) in [5, 5.41) is 3.11. The van der Waals surface area contributed by atoms with Crippen LogP contribution in [0.1, 0.15) is 24.5 Å². The first-order valence-electron chi connectivity index (χ1n) is 7.09. The summed E-state index contributed by atoms with van der Waals surface area (Å²) in [4.78, 5) is 4.68. The van der Waals surface area contributed by atoms with E-state index < -0.39 is 10.0 Å². The Morgan fingerprint density at radius 1 is 1.43 bits per heavy atom. The minimum absolute atomic E-state index is 0.146. The number of aromatic nitrogens is 2. The van der Waals surface area contributed by atoms with E-state index in [9.17, 15) is 8.42 Å². The molecule has 0 amide bonds. The maximum absolute atomic E-state index is 11.7. The van der Waals surface area contributed by atoms with Crippen molar-refractivity contribution in [2.24, 2.45) is 0 Å². The van der Waals surface area contributed by atoms with Crippen LogP contribution < -0.4 is 5.32 Å². The van der Waals surface area contributed by atoms with E-state index in [4.69, 9.17) is 0 Å². The Hall–Kier alpha value is -1.60. The van der Waals surface area contributed by atoms with Gasteiger partial charge in [-0.15, -0.1) is 0 Å². The average molecular weight is 308 g/mol. The molecule has 0 saturated carbocycles. The van der Waals surface area contributed by atoms with E-state index >= 15 is 0 Å². The van der Waals surface area contributed by atoms with Crippen molar-refractivity contribution in [1.82, 2.24) is 13.7 Å². The fraction of sp³-hybridized carbons (Fsp3) is 0.500. The van der Waals surface area contributed by atoms with E-state index in [1.54, 1.807) is 4.31 Å². The van der Waals surface area contributed by atoms with Crippen LogP contribution in [-0.4, -0.2) is 48.5 Å². The van der Waals surface area contributed by atoms with Crippen molar-refractivity contribution in [2.45, 2.75) is 18.8 Å². The third-order valence-corrected chi connectivity index (χ3v) is 5.31. The van der Waals surface area contributed by atoms with Crippen molar-refractivity contribution in [3.8, 4) is 0 Å². The van der Waals surface area contributed by atoms with E-state index in [0.29, 0.717) is 13.1 Å². The number of fused-ring (bicyclic) bond motifs is 1. The first-order valence-corrected chi connectivity index (χ1v) is 8.94. The molecule has 0 spiro atoms. The van der Waals surface area contributed by atoms with E-state index in [0.717, 1.165) is 29.9 Å². The molecule has 0 aliphatic carbocycles. The fourth-order valence-electron chi connectivity index (χ4n) is 2.93. The largest absolute Gasteiger partial charge is 0.371 e. The van der Waals surface area contributed by atoms with Gasteiger partial charge in [0.2, 0.25) is 10.0 Å². The van der Waals surface area contributed by atoms with Crippen molar-refractivity contribution in [2.75, 3.05) is 31.7 Å². The Kier molecular flexibility index (Phi) is 3.62. The van der Waals surface area contributed by atoms with E-state index in [1.165, 1.54) is 6.26 Å². The van der Waals surface area contributed by atoms with E-state index in [1.807, 2.05) is 36.0 Å². The summed E-state index contributed by atoms with van der Waals surface area (Å²) in [7, 11) is -1.28. The van der Waals surface area contributed by atoms with Crippen molar-refractivity contribution in [3.05, 3.63) is 30.2 Å². The molecule has 0 bridgehead atoms. The van der Waals surface area contributed by atoms with E-state index in [-0.39, 0.29) is 5.92 Å². The first-order chi connectivity index (χ1) is 9.99. The molecule has 0 radical (unpaired) electrons. The molecule has 3 rings (SSSR count). The van der Waals surface area contributed by atoms with Crippen molar-refractivity contribution in [1.29, 1.82) is 0 Å². The monoisotopic (exact) mass is 308 g/mol. The summed E-state index contributed by atoms with van der Waals surface area (Å²) >= 11 is 0. The van der Waals surface area contributed by atoms with Crippen molar-refractivity contribution in [3.63, 3.8) is 0 Å². The molecule has 1 atom stereocenters. The van der Waals surface area contributed by atoms with Gasteiger partial charge in [0.25, 0.3) is 0 Å². The minimum atomic E-state index is -3.13. The molecule has 3 heterocycles. The molecule has 2 aromatic rings. The number of hydrogen-bond acceptors (Lipinski definition) is 4. The van der Waals surface area contributed by atoms with Gasteiger partial charge in [-0.3, -0.25) is 0 Å². The lowest BCUT2D eigenvalue weighted by molar-refractivity contribution is 0.314. The predicted octanol–water partition coefficient (Wildman–Crippen LogP) is 1.51. The van der Waals surface area contributed by atoms with Crippen LogP contribution >= 0.6 is 0 Å². The van der Waals surface area contributed by atoms with Gasteiger partial charge in [-0.1, -0.05) is 0 Å². The third kappa shape index (κ3) is 2.75. The van der Waals surface area contributed by atoms with Gasteiger partial charge in [-0.25, -0.2) is 17.7 Å². The standard InChI is InChI=1S/C14H20N4O2S/c1-15-14-13-6-4-7-17(13)10-12(16-14)11-5-3-8-18(9-11)21(2,19)20/h4,6-7,10-11H,3,5,8-9H2,1-2H3,(H,15,16)/t11-/m1/s1. The lowest BCUT2D eigenvalue weighted by Gasteiger charge is -2.30. The third-order valence-electron chi connectivity index (χ3n) is 4.04. The summed E-state index contributed by atoms with van der Waals surface area (Å²) in [6, 6.07) is 3.98. The zero-order valence-electron chi connectivity index (χ0n) is 12.3. The highest BCUT2D eigenvalue weighted by molar-refractivity contribution is 7.88. The second-order valence-corrected chi connectivity index (χ2v) is 7.51. The van der Waals surface area contributed by atoms with Gasteiger partial charge in [0.15, 0.2) is 0 Å². The summed E-state index contributed by atoms with van der Waals surface area (Å²) in [6.07, 6.45) is 7.11.